The summed E-state index contributed by atoms with van der Waals surface area (Å²) in [6, 6.07) is 0.266. The minimum Gasteiger partial charge on any atom is -0.387 e. The van der Waals surface area contributed by atoms with Crippen LogP contribution in [0.15, 0.2) is 0 Å². The van der Waals surface area contributed by atoms with Gasteiger partial charge < -0.3 is 15.7 Å². The monoisotopic (exact) mass is 200 g/mol. The third-order valence-electron chi connectivity index (χ3n) is 2.85. The smallest absolute Gasteiger partial charge is 0.0895 e. The summed E-state index contributed by atoms with van der Waals surface area (Å²) in [6.07, 6.45) is 2.28. The number of nitrogens with one attached hydrogen (secondary N) is 2. The van der Waals surface area contributed by atoms with Gasteiger partial charge in [0, 0.05) is 12.6 Å². The topological polar surface area (TPSA) is 44.3 Å². The van der Waals surface area contributed by atoms with Crippen LogP contribution in [0.2, 0.25) is 0 Å². The highest BCUT2D eigenvalue weighted by atomic mass is 16.3. The van der Waals surface area contributed by atoms with Gasteiger partial charge in [-0.3, -0.25) is 0 Å². The maximum Gasteiger partial charge on any atom is 0.0895 e. The van der Waals surface area contributed by atoms with Crippen molar-refractivity contribution in [3.8, 4) is 0 Å². The molecule has 1 fully saturated rings. The zero-order valence-corrected chi connectivity index (χ0v) is 9.64. The highest BCUT2D eigenvalue weighted by Crippen LogP contribution is 2.18. The SMILES string of the molecule is CC(C)CNCC(C)(O)C1CCCN1. The molecule has 0 amide bonds. The molecular formula is C11H24N2O. The average Bonchev–Trinajstić information content (AvgIpc) is 2.54. The van der Waals surface area contributed by atoms with E-state index in [4.69, 9.17) is 0 Å². The summed E-state index contributed by atoms with van der Waals surface area (Å²) in [4.78, 5) is 0. The van der Waals surface area contributed by atoms with Crippen molar-refractivity contribution in [2.24, 2.45) is 5.92 Å². The minimum atomic E-state index is -0.606. The van der Waals surface area contributed by atoms with Crippen molar-refractivity contribution in [3.05, 3.63) is 0 Å². The second-order valence-electron chi connectivity index (χ2n) is 5.03. The Hall–Kier alpha value is -0.120. The van der Waals surface area contributed by atoms with Crippen LogP contribution in [0, 0.1) is 5.92 Å². The summed E-state index contributed by atoms with van der Waals surface area (Å²) in [5, 5.41) is 16.9. The van der Waals surface area contributed by atoms with E-state index in [1.807, 2.05) is 6.92 Å². The first kappa shape index (κ1) is 12.0. The van der Waals surface area contributed by atoms with E-state index in [-0.39, 0.29) is 6.04 Å². The third kappa shape index (κ3) is 3.56. The lowest BCUT2D eigenvalue weighted by atomic mass is 9.95. The van der Waals surface area contributed by atoms with Gasteiger partial charge in [-0.25, -0.2) is 0 Å². The van der Waals surface area contributed by atoms with Gasteiger partial charge in [-0.15, -0.1) is 0 Å². The van der Waals surface area contributed by atoms with Crippen LogP contribution in [-0.2, 0) is 0 Å². The molecule has 0 aliphatic carbocycles. The first-order valence-corrected chi connectivity index (χ1v) is 5.69. The van der Waals surface area contributed by atoms with Gasteiger partial charge >= 0.3 is 0 Å². The van der Waals surface area contributed by atoms with Gasteiger partial charge in [-0.1, -0.05) is 13.8 Å². The predicted octanol–water partition coefficient (Wildman–Crippen LogP) is 0.735. The lowest BCUT2D eigenvalue weighted by molar-refractivity contribution is 0.0258. The van der Waals surface area contributed by atoms with E-state index >= 15 is 0 Å². The molecule has 2 unspecified atom stereocenters. The van der Waals surface area contributed by atoms with E-state index in [2.05, 4.69) is 24.5 Å². The summed E-state index contributed by atoms with van der Waals surface area (Å²) in [7, 11) is 0. The zero-order valence-electron chi connectivity index (χ0n) is 9.64. The molecule has 1 saturated heterocycles. The van der Waals surface area contributed by atoms with Crippen molar-refractivity contribution >= 4 is 0 Å². The fourth-order valence-corrected chi connectivity index (χ4v) is 1.95. The fourth-order valence-electron chi connectivity index (χ4n) is 1.95. The molecule has 84 valence electrons. The van der Waals surface area contributed by atoms with E-state index in [0.29, 0.717) is 12.5 Å². The van der Waals surface area contributed by atoms with Crippen molar-refractivity contribution < 1.29 is 5.11 Å². The van der Waals surface area contributed by atoms with E-state index in [1.54, 1.807) is 0 Å². The van der Waals surface area contributed by atoms with Gasteiger partial charge in [0.15, 0.2) is 0 Å². The maximum absolute atomic E-state index is 10.2. The lowest BCUT2D eigenvalue weighted by Crippen LogP contribution is -2.52. The molecule has 0 bridgehead atoms. The number of rotatable bonds is 5. The Morgan fingerprint density at radius 1 is 1.57 bits per heavy atom. The standard InChI is InChI=1S/C11H24N2O/c1-9(2)7-12-8-11(3,14)10-5-4-6-13-10/h9-10,12-14H,4-8H2,1-3H3. The Kier molecular flexibility index (Phi) is 4.35. The lowest BCUT2D eigenvalue weighted by Gasteiger charge is -2.30. The third-order valence-corrected chi connectivity index (χ3v) is 2.85. The van der Waals surface area contributed by atoms with Crippen LogP contribution in [0.1, 0.15) is 33.6 Å². The summed E-state index contributed by atoms with van der Waals surface area (Å²) >= 11 is 0. The normalized spacial score (nSPS) is 26.8. The summed E-state index contributed by atoms with van der Waals surface area (Å²) < 4.78 is 0. The van der Waals surface area contributed by atoms with Crippen LogP contribution in [0.4, 0.5) is 0 Å². The van der Waals surface area contributed by atoms with E-state index in [1.165, 1.54) is 6.42 Å². The molecule has 3 N–H and O–H groups in total. The molecule has 3 nitrogen and oxygen atoms in total. The number of hydrogen-bond acceptors (Lipinski definition) is 3. The molecule has 1 heterocycles. The van der Waals surface area contributed by atoms with Gasteiger partial charge in [0.05, 0.1) is 5.60 Å². The van der Waals surface area contributed by atoms with E-state index in [0.717, 1.165) is 19.5 Å². The minimum absolute atomic E-state index is 0.266. The van der Waals surface area contributed by atoms with Gasteiger partial charge in [-0.05, 0) is 38.8 Å². The van der Waals surface area contributed by atoms with E-state index < -0.39 is 5.60 Å². The van der Waals surface area contributed by atoms with Crippen LogP contribution in [0.25, 0.3) is 0 Å². The summed E-state index contributed by atoms with van der Waals surface area (Å²) in [5.74, 6) is 0.641. The zero-order chi connectivity index (χ0) is 10.6. The van der Waals surface area contributed by atoms with Crippen LogP contribution >= 0.6 is 0 Å². The Labute approximate surface area is 87.3 Å². The molecule has 0 spiro atoms. The predicted molar refractivity (Wildman–Crippen MR) is 59.4 cm³/mol. The molecule has 1 rings (SSSR count). The van der Waals surface area contributed by atoms with Crippen molar-refractivity contribution in [2.45, 2.75) is 45.3 Å². The Bertz CT molecular complexity index is 163. The Morgan fingerprint density at radius 3 is 2.79 bits per heavy atom. The second-order valence-corrected chi connectivity index (χ2v) is 5.03. The van der Waals surface area contributed by atoms with Crippen LogP contribution < -0.4 is 10.6 Å². The van der Waals surface area contributed by atoms with Crippen molar-refractivity contribution in [3.63, 3.8) is 0 Å². The van der Waals surface area contributed by atoms with Gasteiger partial charge in [0.1, 0.15) is 0 Å². The summed E-state index contributed by atoms with van der Waals surface area (Å²) in [5.41, 5.74) is -0.606. The average molecular weight is 200 g/mol. The van der Waals surface area contributed by atoms with Crippen molar-refractivity contribution in [1.82, 2.24) is 10.6 Å². The molecule has 2 atom stereocenters. The molecule has 1 aliphatic rings. The van der Waals surface area contributed by atoms with E-state index in [9.17, 15) is 5.11 Å². The Morgan fingerprint density at radius 2 is 2.29 bits per heavy atom. The molecule has 14 heavy (non-hydrogen) atoms. The highest BCUT2D eigenvalue weighted by Gasteiger charge is 2.33. The Balaban J connectivity index is 2.25. The molecule has 0 saturated carbocycles. The van der Waals surface area contributed by atoms with Gasteiger partial charge in [-0.2, -0.15) is 0 Å². The second kappa shape index (κ2) is 5.10. The maximum atomic E-state index is 10.2. The molecule has 0 aromatic carbocycles. The quantitative estimate of drug-likeness (QED) is 0.613. The first-order valence-electron chi connectivity index (χ1n) is 5.69. The number of hydrogen-bond donors (Lipinski definition) is 3. The van der Waals surface area contributed by atoms with Crippen LogP contribution in [0.5, 0.6) is 0 Å². The molecule has 3 heteroatoms. The van der Waals surface area contributed by atoms with Gasteiger partial charge in [0.2, 0.25) is 0 Å². The van der Waals surface area contributed by atoms with Crippen molar-refractivity contribution in [1.29, 1.82) is 0 Å². The largest absolute Gasteiger partial charge is 0.387 e. The van der Waals surface area contributed by atoms with Crippen LogP contribution in [-0.4, -0.2) is 36.4 Å². The fraction of sp³-hybridized carbons (Fsp3) is 1.00. The summed E-state index contributed by atoms with van der Waals surface area (Å²) in [6.45, 7) is 8.98. The molecular weight excluding hydrogens is 176 g/mol. The molecule has 1 aliphatic heterocycles. The molecule has 0 aromatic heterocycles. The number of aliphatic hydroxyl groups is 1. The molecule has 0 aromatic rings. The van der Waals surface area contributed by atoms with Crippen LogP contribution in [0.3, 0.4) is 0 Å². The highest BCUT2D eigenvalue weighted by molar-refractivity contribution is 4.92. The molecule has 0 radical (unpaired) electrons. The van der Waals surface area contributed by atoms with Crippen molar-refractivity contribution in [2.75, 3.05) is 19.6 Å². The first-order chi connectivity index (χ1) is 6.52. The van der Waals surface area contributed by atoms with Gasteiger partial charge in [0.25, 0.3) is 0 Å².